The standard InChI is InChI=1S/C7H7N3O2/c1-2-6-9-3-5(4-10-6)12-7(8)11/h2-4H,1H2,(H2,8,11). The van der Waals surface area contributed by atoms with Crippen molar-refractivity contribution in [1.29, 1.82) is 0 Å². The van der Waals surface area contributed by atoms with Crippen LogP contribution in [0.4, 0.5) is 4.79 Å². The molecular formula is C7H7N3O2. The van der Waals surface area contributed by atoms with Crippen molar-refractivity contribution in [2.24, 2.45) is 5.73 Å². The van der Waals surface area contributed by atoms with Gasteiger partial charge in [-0.2, -0.15) is 0 Å². The van der Waals surface area contributed by atoms with Gasteiger partial charge >= 0.3 is 6.09 Å². The van der Waals surface area contributed by atoms with Crippen LogP contribution in [0.2, 0.25) is 0 Å². The fourth-order valence-corrected chi connectivity index (χ4v) is 0.600. The number of ether oxygens (including phenoxy) is 1. The summed E-state index contributed by atoms with van der Waals surface area (Å²) in [6.07, 6.45) is 3.28. The van der Waals surface area contributed by atoms with Crippen LogP contribution in [0.1, 0.15) is 5.82 Å². The molecule has 0 aliphatic carbocycles. The van der Waals surface area contributed by atoms with E-state index < -0.39 is 6.09 Å². The molecule has 0 aliphatic heterocycles. The number of hydrogen-bond acceptors (Lipinski definition) is 4. The second-order valence-electron chi connectivity index (χ2n) is 1.90. The summed E-state index contributed by atoms with van der Waals surface area (Å²) in [5, 5.41) is 0. The van der Waals surface area contributed by atoms with Gasteiger partial charge in [0.2, 0.25) is 0 Å². The molecule has 1 heterocycles. The summed E-state index contributed by atoms with van der Waals surface area (Å²) in [7, 11) is 0. The molecule has 5 heteroatoms. The highest BCUT2D eigenvalue weighted by Gasteiger charge is 1.98. The van der Waals surface area contributed by atoms with Crippen molar-refractivity contribution < 1.29 is 9.53 Å². The molecule has 0 aromatic carbocycles. The van der Waals surface area contributed by atoms with E-state index in [4.69, 9.17) is 5.73 Å². The normalized spacial score (nSPS) is 9.00. The van der Waals surface area contributed by atoms with E-state index in [1.807, 2.05) is 0 Å². The second kappa shape index (κ2) is 3.47. The number of nitrogens with two attached hydrogens (primary N) is 1. The molecular weight excluding hydrogens is 158 g/mol. The van der Waals surface area contributed by atoms with E-state index in [9.17, 15) is 4.79 Å². The summed E-state index contributed by atoms with van der Waals surface area (Å²) in [6.45, 7) is 3.46. The zero-order chi connectivity index (χ0) is 8.97. The third-order valence-corrected chi connectivity index (χ3v) is 1.05. The van der Waals surface area contributed by atoms with Gasteiger partial charge in [-0.3, -0.25) is 0 Å². The summed E-state index contributed by atoms with van der Waals surface area (Å²) in [6, 6.07) is 0. The Kier molecular flexibility index (Phi) is 2.37. The maximum Gasteiger partial charge on any atom is 0.410 e. The quantitative estimate of drug-likeness (QED) is 0.695. The molecule has 0 saturated heterocycles. The van der Waals surface area contributed by atoms with Crippen molar-refractivity contribution in [2.45, 2.75) is 0 Å². The summed E-state index contributed by atoms with van der Waals surface area (Å²) >= 11 is 0. The Bertz CT molecular complexity index is 294. The predicted molar refractivity (Wildman–Crippen MR) is 42.3 cm³/mol. The first-order valence-corrected chi connectivity index (χ1v) is 3.14. The minimum absolute atomic E-state index is 0.216. The largest absolute Gasteiger partial charge is 0.410 e. The number of carbonyl (C=O) groups excluding carboxylic acids is 1. The minimum Gasteiger partial charge on any atom is -0.407 e. The molecule has 1 aromatic heterocycles. The molecule has 0 spiro atoms. The molecule has 0 fully saturated rings. The smallest absolute Gasteiger partial charge is 0.407 e. The molecule has 62 valence electrons. The Morgan fingerprint density at radius 3 is 2.58 bits per heavy atom. The molecule has 0 unspecified atom stereocenters. The minimum atomic E-state index is -0.884. The third kappa shape index (κ3) is 2.05. The summed E-state index contributed by atoms with van der Waals surface area (Å²) in [5.74, 6) is 0.680. The van der Waals surface area contributed by atoms with Gasteiger partial charge in [0.05, 0.1) is 12.4 Å². The summed E-state index contributed by atoms with van der Waals surface area (Å²) in [5.41, 5.74) is 4.76. The van der Waals surface area contributed by atoms with Gasteiger partial charge < -0.3 is 10.5 Å². The van der Waals surface area contributed by atoms with Crippen molar-refractivity contribution in [1.82, 2.24) is 9.97 Å². The van der Waals surface area contributed by atoms with Gasteiger partial charge in [-0.25, -0.2) is 14.8 Å². The molecule has 2 N–H and O–H groups in total. The number of primary amides is 1. The molecule has 0 radical (unpaired) electrons. The average Bonchev–Trinajstić information content (AvgIpc) is 2.05. The Balaban J connectivity index is 2.77. The van der Waals surface area contributed by atoms with E-state index in [-0.39, 0.29) is 5.75 Å². The Morgan fingerprint density at radius 2 is 2.17 bits per heavy atom. The van der Waals surface area contributed by atoms with Crippen molar-refractivity contribution >= 4 is 12.2 Å². The van der Waals surface area contributed by atoms with Gasteiger partial charge in [0, 0.05) is 0 Å². The number of amides is 1. The van der Waals surface area contributed by atoms with Gasteiger partial charge in [0.15, 0.2) is 11.6 Å². The van der Waals surface area contributed by atoms with E-state index in [2.05, 4.69) is 21.3 Å². The maximum atomic E-state index is 10.2. The fraction of sp³-hybridized carbons (Fsp3) is 0. The first-order valence-electron chi connectivity index (χ1n) is 3.14. The van der Waals surface area contributed by atoms with Crippen LogP contribution in [-0.4, -0.2) is 16.1 Å². The summed E-state index contributed by atoms with van der Waals surface area (Å²) < 4.78 is 4.49. The van der Waals surface area contributed by atoms with Gasteiger partial charge in [-0.05, 0) is 6.08 Å². The average molecular weight is 165 g/mol. The van der Waals surface area contributed by atoms with Gasteiger partial charge in [-0.1, -0.05) is 6.58 Å². The highest BCUT2D eigenvalue weighted by molar-refractivity contribution is 5.67. The number of hydrogen-bond donors (Lipinski definition) is 1. The lowest BCUT2D eigenvalue weighted by Gasteiger charge is -1.98. The number of rotatable bonds is 2. The first kappa shape index (κ1) is 8.19. The Hall–Kier alpha value is -1.91. The molecule has 0 aliphatic rings. The molecule has 1 aromatic rings. The van der Waals surface area contributed by atoms with Crippen LogP contribution in [0, 0.1) is 0 Å². The van der Waals surface area contributed by atoms with Crippen molar-refractivity contribution in [2.75, 3.05) is 0 Å². The van der Waals surface area contributed by atoms with Gasteiger partial charge in [-0.15, -0.1) is 0 Å². The zero-order valence-corrected chi connectivity index (χ0v) is 6.23. The Labute approximate surface area is 68.9 Å². The van der Waals surface area contributed by atoms with E-state index in [0.717, 1.165) is 0 Å². The van der Waals surface area contributed by atoms with Gasteiger partial charge in [0.1, 0.15) is 0 Å². The molecule has 1 amide bonds. The monoisotopic (exact) mass is 165 g/mol. The van der Waals surface area contributed by atoms with Gasteiger partial charge in [0.25, 0.3) is 0 Å². The van der Waals surface area contributed by atoms with E-state index in [1.54, 1.807) is 0 Å². The van der Waals surface area contributed by atoms with Crippen LogP contribution in [0.3, 0.4) is 0 Å². The first-order chi connectivity index (χ1) is 5.72. The molecule has 0 bridgehead atoms. The van der Waals surface area contributed by atoms with Crippen molar-refractivity contribution in [3.63, 3.8) is 0 Å². The van der Waals surface area contributed by atoms with Crippen LogP contribution in [-0.2, 0) is 0 Å². The number of carbonyl (C=O) groups is 1. The van der Waals surface area contributed by atoms with E-state index in [0.29, 0.717) is 5.82 Å². The predicted octanol–water partition coefficient (Wildman–Crippen LogP) is 0.577. The summed E-state index contributed by atoms with van der Waals surface area (Å²) in [4.78, 5) is 17.8. The maximum absolute atomic E-state index is 10.2. The zero-order valence-electron chi connectivity index (χ0n) is 6.23. The van der Waals surface area contributed by atoms with Crippen molar-refractivity contribution in [3.8, 4) is 5.75 Å². The third-order valence-electron chi connectivity index (χ3n) is 1.05. The molecule has 5 nitrogen and oxygen atoms in total. The lowest BCUT2D eigenvalue weighted by Crippen LogP contribution is -2.16. The lowest BCUT2D eigenvalue weighted by molar-refractivity contribution is 0.210. The van der Waals surface area contributed by atoms with Crippen LogP contribution in [0.5, 0.6) is 5.75 Å². The number of nitrogens with zero attached hydrogens (tertiary/aromatic N) is 2. The topological polar surface area (TPSA) is 78.1 Å². The second-order valence-corrected chi connectivity index (χ2v) is 1.90. The molecule has 0 atom stereocenters. The molecule has 12 heavy (non-hydrogen) atoms. The van der Waals surface area contributed by atoms with Crippen LogP contribution in [0.15, 0.2) is 19.0 Å². The van der Waals surface area contributed by atoms with E-state index >= 15 is 0 Å². The van der Waals surface area contributed by atoms with Crippen LogP contribution >= 0.6 is 0 Å². The fourth-order valence-electron chi connectivity index (χ4n) is 0.600. The van der Waals surface area contributed by atoms with Crippen LogP contribution < -0.4 is 10.5 Å². The number of aromatic nitrogens is 2. The van der Waals surface area contributed by atoms with Crippen LogP contribution in [0.25, 0.3) is 6.08 Å². The molecule has 0 saturated carbocycles. The molecule has 1 rings (SSSR count). The highest BCUT2D eigenvalue weighted by Crippen LogP contribution is 2.05. The van der Waals surface area contributed by atoms with E-state index in [1.165, 1.54) is 18.5 Å². The Morgan fingerprint density at radius 1 is 1.58 bits per heavy atom. The highest BCUT2D eigenvalue weighted by atomic mass is 16.5. The SMILES string of the molecule is C=Cc1ncc(OC(N)=O)cn1. The van der Waals surface area contributed by atoms with Crippen molar-refractivity contribution in [3.05, 3.63) is 24.8 Å². The lowest BCUT2D eigenvalue weighted by atomic mass is 10.5.